The molecule has 1 aromatic carbocycles. The molecule has 0 saturated carbocycles. The van der Waals surface area contributed by atoms with Crippen molar-refractivity contribution >= 4 is 38.3 Å². The van der Waals surface area contributed by atoms with Crippen molar-refractivity contribution in [2.24, 2.45) is 27.1 Å². The molecule has 5 aliphatic rings. The fraction of sp³-hybridized carbons (Fsp3) is 0.614. The molecular formula is C70H102ClN10NiO24P. The Morgan fingerprint density at radius 2 is 1.13 bits per heavy atom. The van der Waals surface area contributed by atoms with Crippen molar-refractivity contribution in [2.75, 3.05) is 26.1 Å². The van der Waals surface area contributed by atoms with Crippen LogP contribution in [0, 0.1) is 68.9 Å². The topological polar surface area (TPSA) is 410 Å². The van der Waals surface area contributed by atoms with E-state index in [0.29, 0.717) is 77.5 Å². The minimum atomic E-state index is -0.733. The number of hydrogen-bond acceptors (Lipinski definition) is 25. The first-order valence-electron chi connectivity index (χ1n) is 34.7. The van der Waals surface area contributed by atoms with Gasteiger partial charge in [0, 0.05) is 101 Å². The average molecular weight is 1590 g/mol. The maximum atomic E-state index is 12.3. The molecule has 9 heterocycles. The number of benzene rings is 1. The summed E-state index contributed by atoms with van der Waals surface area (Å²) in [5.41, 5.74) is -0.844. The molecule has 4 saturated heterocycles. The van der Waals surface area contributed by atoms with Gasteiger partial charge in [0.25, 0.3) is 27.9 Å². The summed E-state index contributed by atoms with van der Waals surface area (Å²) in [4.78, 5) is 130. The van der Waals surface area contributed by atoms with Gasteiger partial charge in [-0.25, -0.2) is 19.2 Å². The molecule has 0 radical (unpaired) electrons. The van der Waals surface area contributed by atoms with Crippen molar-refractivity contribution in [3.8, 4) is 17.6 Å². The fourth-order valence-electron chi connectivity index (χ4n) is 11.5. The molecule has 0 amide bonds. The van der Waals surface area contributed by atoms with Gasteiger partial charge in [0.05, 0.1) is 72.3 Å². The maximum Gasteiger partial charge on any atom is 2.00 e. The minimum absolute atomic E-state index is 0. The number of aromatic nitrogens is 8. The molecule has 5 aliphatic heterocycles. The van der Waals surface area contributed by atoms with Crippen molar-refractivity contribution < 1.29 is 87.8 Å². The van der Waals surface area contributed by atoms with Crippen molar-refractivity contribution in [2.45, 2.75) is 228 Å². The fourth-order valence-corrected chi connectivity index (χ4v) is 12.3. The van der Waals surface area contributed by atoms with Gasteiger partial charge in [0.15, 0.2) is 20.5 Å². The quantitative estimate of drug-likeness (QED) is 0.0121. The van der Waals surface area contributed by atoms with Crippen LogP contribution in [0.1, 0.15) is 185 Å². The maximum absolute atomic E-state index is 12.3. The zero-order chi connectivity index (χ0) is 79.6. The Hall–Kier alpha value is -7.74. The Bertz CT molecular complexity index is 4200. The number of ether oxygens (including phenoxy) is 9. The Balaban J connectivity index is 0.000000341. The number of aliphatic hydroxyl groups excluding tert-OH is 1. The normalized spacial score (nSPS) is 22.4. The molecule has 0 aliphatic carbocycles. The molecule has 0 bridgehead atoms. The summed E-state index contributed by atoms with van der Waals surface area (Å²) >= 11 is 5.45. The van der Waals surface area contributed by atoms with E-state index >= 15 is 0 Å². The van der Waals surface area contributed by atoms with Gasteiger partial charge in [-0.2, -0.15) is 18.1 Å². The van der Waals surface area contributed by atoms with E-state index in [1.165, 1.54) is 73.3 Å². The van der Waals surface area contributed by atoms with E-state index in [-0.39, 0.29) is 110 Å². The van der Waals surface area contributed by atoms with Crippen LogP contribution in [0.2, 0.25) is 0 Å². The number of aliphatic hydroxyl groups is 1. The number of aryl methyl sites for hydroxylation is 4. The van der Waals surface area contributed by atoms with Gasteiger partial charge >= 0.3 is 51.2 Å². The Kier molecular flexibility index (Phi) is 39.6. The zero-order valence-corrected chi connectivity index (χ0v) is 66.1. The monoisotopic (exact) mass is 1590 g/mol. The molecule has 2 unspecified atom stereocenters. The number of fused-ring (bicyclic) bond motifs is 1. The second-order valence-electron chi connectivity index (χ2n) is 25.2. The molecule has 14 atom stereocenters. The van der Waals surface area contributed by atoms with Crippen molar-refractivity contribution in [1.82, 2.24) is 37.0 Å². The van der Waals surface area contributed by atoms with E-state index in [1.807, 2.05) is 33.8 Å². The number of esters is 2. The van der Waals surface area contributed by atoms with Crippen molar-refractivity contribution in [3.63, 3.8) is 0 Å². The Morgan fingerprint density at radius 1 is 0.692 bits per heavy atom. The molecule has 37 heteroatoms. The SMILES string of the molecule is CC(=O)OC[C@H]1O[C@@H](n2cc(C)c(=O)[nH]c2=O)C[C@H]1OC(C)=O.CC(OCCl)c1cc2c(cc1[N+](=O)[O-])OCO2.CC[C@H]1O[C@@H](n2cc(C)c(=O)n(C)c2=O)C[C@H]1C.CC[C@H]1O[C@@H](n2cc(C)c(=O)n(C)c2=O)C[C@H]1O.CC[C@H]1O[C@@H](n2cc(C)c(=O)n(C)c2=O)C[C@H]1OPOCCC#N.[CH2-]CC.[CH2-]CC.[Ni+2]. The number of aromatic amines is 1. The number of nitriles is 1. The van der Waals surface area contributed by atoms with E-state index in [0.717, 1.165) is 45.8 Å². The van der Waals surface area contributed by atoms with Gasteiger partial charge in [-0.1, -0.05) is 53.1 Å². The number of carbonyl (C=O) groups excluding carboxylic acids is 2. The largest absolute Gasteiger partial charge is 2.00 e. The third-order valence-electron chi connectivity index (χ3n) is 17.0. The van der Waals surface area contributed by atoms with Crippen LogP contribution in [-0.2, 0) is 89.4 Å². The summed E-state index contributed by atoms with van der Waals surface area (Å²) in [5.74, 6) is 0.298. The number of nitrogens with zero attached hydrogens (tertiary/aromatic N) is 9. The van der Waals surface area contributed by atoms with Crippen LogP contribution in [0.25, 0.3) is 0 Å². The van der Waals surface area contributed by atoms with Crippen molar-refractivity contribution in [3.05, 3.63) is 172 Å². The molecular weight excluding hydrogens is 1490 g/mol. The first-order valence-corrected chi connectivity index (χ1v) is 36.0. The first-order chi connectivity index (χ1) is 50.1. The number of nitro benzene ring substituents is 1. The molecule has 0 spiro atoms. The molecule has 107 heavy (non-hydrogen) atoms. The van der Waals surface area contributed by atoms with Gasteiger partial charge in [-0.15, -0.1) is 0 Å². The minimum Gasteiger partial charge on any atom is -0.463 e. The van der Waals surface area contributed by atoms with Crippen LogP contribution in [-0.4, -0.2) is 128 Å². The summed E-state index contributed by atoms with van der Waals surface area (Å²) in [7, 11) is 4.23. The van der Waals surface area contributed by atoms with Crippen LogP contribution in [0.3, 0.4) is 0 Å². The summed E-state index contributed by atoms with van der Waals surface area (Å²) in [6, 6.07) is 4.86. The van der Waals surface area contributed by atoms with E-state index in [2.05, 4.69) is 32.7 Å². The van der Waals surface area contributed by atoms with E-state index in [9.17, 15) is 63.2 Å². The first kappa shape index (κ1) is 93.5. The second-order valence-corrected chi connectivity index (χ2v) is 26.1. The second kappa shape index (κ2) is 45.3. The summed E-state index contributed by atoms with van der Waals surface area (Å²) in [5, 5.41) is 29.2. The van der Waals surface area contributed by atoms with Crippen LogP contribution in [0.4, 0.5) is 5.69 Å². The zero-order valence-electron chi connectivity index (χ0n) is 63.3. The number of carbonyl (C=O) groups is 2. The third kappa shape index (κ3) is 26.0. The number of rotatable bonds is 19. The Morgan fingerprint density at radius 3 is 1.58 bits per heavy atom. The average Bonchev–Trinajstić information content (AvgIpc) is 0.976. The van der Waals surface area contributed by atoms with Gasteiger partial charge in [-0.05, 0) is 72.3 Å². The predicted molar refractivity (Wildman–Crippen MR) is 391 cm³/mol. The van der Waals surface area contributed by atoms with Crippen LogP contribution in [0.5, 0.6) is 11.5 Å². The van der Waals surface area contributed by atoms with E-state index in [1.54, 1.807) is 51.4 Å². The number of alkyl halides is 1. The number of nitrogens with one attached hydrogen (secondary N) is 1. The van der Waals surface area contributed by atoms with Gasteiger partial charge in [0.2, 0.25) is 6.79 Å². The predicted octanol–water partition coefficient (Wildman–Crippen LogP) is 7.16. The molecule has 2 N–H and O–H groups in total. The van der Waals surface area contributed by atoms with Crippen LogP contribution < -0.4 is 54.5 Å². The number of H-pyrrole nitrogens is 1. The molecule has 10 rings (SSSR count). The molecule has 34 nitrogen and oxygen atoms in total. The Labute approximate surface area is 636 Å². The third-order valence-corrected chi connectivity index (χ3v) is 17.8. The van der Waals surface area contributed by atoms with Crippen LogP contribution >= 0.6 is 20.6 Å². The molecule has 598 valence electrons. The van der Waals surface area contributed by atoms with Gasteiger partial charge < -0.3 is 70.6 Å². The van der Waals surface area contributed by atoms with Crippen LogP contribution in [0.15, 0.2) is 75.3 Å². The standard InChI is InChI=1S/C15H22N3O5P.C14H18N2O7.C13H20N2O3.C12H18N2O4.C10H10ClNO5.2C3H7.Ni/c1-4-11-12(23-24-21-7-5-6-16)8-13(22-11)18-9-10(2)14(19)17(3)15(18)20;1-7-5-16(14(20)15-13(7)19)12-4-10(22-9(3)18)11(23-12)6-21-8(2)17;1-5-10-8(2)6-11(18-10)15-7-9(3)12(16)14(4)13(15)17;1-4-9-8(15)5-10(18-9)14-6-7(2)11(16)13(3)12(14)17;1-6(15-4-11)7-2-9-10(17-5-16-9)3-8(7)12(13)14;2*1-3-2;/h9,11-13,24H,4-5,7-8H2,1-3H3;5,10-12H,4,6H2,1-3H3,(H,15,19,20);7-8,10-11H,5-6H2,1-4H3;6,8-10,15H,4-5H2,1-3H3;2-3,6H,4-5H2,1H3;2*1,3H2,2H3;/q;;;;;2*-1;+2/t11-,12-,13-;10-,11-,12-;8-,10-,11-;8-,9-,10-;;;;/m1111..../s1. The van der Waals surface area contributed by atoms with Gasteiger partial charge in [-0.3, -0.25) is 75.8 Å². The summed E-state index contributed by atoms with van der Waals surface area (Å²) in [6.07, 6.45) is 7.89. The number of hydrogen-bond donors (Lipinski definition) is 2. The van der Waals surface area contributed by atoms with E-state index in [4.69, 9.17) is 68.5 Å². The van der Waals surface area contributed by atoms with Gasteiger partial charge in [0.1, 0.15) is 49.8 Å². The molecule has 4 aromatic heterocycles. The number of nitro groups is 1. The van der Waals surface area contributed by atoms with Crippen molar-refractivity contribution in [1.29, 1.82) is 5.26 Å². The smallest absolute Gasteiger partial charge is 0.463 e. The summed E-state index contributed by atoms with van der Waals surface area (Å²) < 4.78 is 68.5. The summed E-state index contributed by atoms with van der Waals surface area (Å²) in [6.45, 7) is 30.2. The van der Waals surface area contributed by atoms with E-state index < -0.39 is 82.6 Å². The molecule has 4 fully saturated rings. The number of halogens is 1. The molecule has 5 aromatic rings.